The van der Waals surface area contributed by atoms with Gasteiger partial charge >= 0.3 is 0 Å². The molecule has 1 aromatic rings. The number of hydrogen-bond donors (Lipinski definition) is 1. The molecule has 0 aromatic carbocycles. The van der Waals surface area contributed by atoms with Crippen LogP contribution in [0.2, 0.25) is 0 Å². The lowest BCUT2D eigenvalue weighted by Gasteiger charge is -2.32. The number of rotatable bonds is 3. The normalized spacial score (nSPS) is 27.8. The van der Waals surface area contributed by atoms with Crippen molar-refractivity contribution < 1.29 is 0 Å². The van der Waals surface area contributed by atoms with E-state index in [-0.39, 0.29) is 0 Å². The minimum absolute atomic E-state index is 0.568. The Hall–Kier alpha value is -0.830. The Balaban J connectivity index is 2.06. The van der Waals surface area contributed by atoms with Crippen molar-refractivity contribution in [2.75, 3.05) is 6.54 Å². The van der Waals surface area contributed by atoms with Crippen molar-refractivity contribution in [3.63, 3.8) is 0 Å². The smallest absolute Gasteiger partial charge is 0.0672 e. The van der Waals surface area contributed by atoms with E-state index < -0.39 is 0 Å². The fraction of sp³-hybridized carbons (Fsp3) is 0.727. The summed E-state index contributed by atoms with van der Waals surface area (Å²) in [5.41, 5.74) is 0. The molecule has 78 valence electrons. The zero-order valence-electron chi connectivity index (χ0n) is 8.82. The SMILES string of the molecule is CCNC1CCCCC1n1cccn1. The average Bonchev–Trinajstić information content (AvgIpc) is 2.72. The second kappa shape index (κ2) is 4.60. The van der Waals surface area contributed by atoms with E-state index in [0.717, 1.165) is 6.54 Å². The lowest BCUT2D eigenvalue weighted by molar-refractivity contribution is 0.250. The first-order valence-electron chi connectivity index (χ1n) is 5.64. The van der Waals surface area contributed by atoms with Crippen LogP contribution in [0.1, 0.15) is 38.6 Å². The Morgan fingerprint density at radius 3 is 3.00 bits per heavy atom. The van der Waals surface area contributed by atoms with Gasteiger partial charge in [-0.05, 0) is 25.5 Å². The molecule has 1 N–H and O–H groups in total. The quantitative estimate of drug-likeness (QED) is 0.795. The van der Waals surface area contributed by atoms with Crippen LogP contribution in [0.15, 0.2) is 18.5 Å². The predicted molar refractivity (Wildman–Crippen MR) is 57.2 cm³/mol. The van der Waals surface area contributed by atoms with Crippen LogP contribution < -0.4 is 5.32 Å². The van der Waals surface area contributed by atoms with Gasteiger partial charge in [0.2, 0.25) is 0 Å². The van der Waals surface area contributed by atoms with Gasteiger partial charge in [0.1, 0.15) is 0 Å². The Morgan fingerprint density at radius 1 is 1.43 bits per heavy atom. The molecule has 1 saturated carbocycles. The molecule has 0 radical (unpaired) electrons. The highest BCUT2D eigenvalue weighted by Gasteiger charge is 2.25. The Bertz CT molecular complexity index is 254. The fourth-order valence-electron chi connectivity index (χ4n) is 2.41. The van der Waals surface area contributed by atoms with Crippen molar-refractivity contribution >= 4 is 0 Å². The van der Waals surface area contributed by atoms with Crippen molar-refractivity contribution in [1.29, 1.82) is 0 Å². The van der Waals surface area contributed by atoms with E-state index in [9.17, 15) is 0 Å². The summed E-state index contributed by atoms with van der Waals surface area (Å²) in [6.45, 7) is 3.23. The maximum absolute atomic E-state index is 4.35. The van der Waals surface area contributed by atoms with Crippen LogP contribution >= 0.6 is 0 Å². The Labute approximate surface area is 85.5 Å². The van der Waals surface area contributed by atoms with E-state index in [1.165, 1.54) is 25.7 Å². The van der Waals surface area contributed by atoms with E-state index >= 15 is 0 Å². The van der Waals surface area contributed by atoms with E-state index in [1.54, 1.807) is 0 Å². The van der Waals surface area contributed by atoms with Gasteiger partial charge in [0.05, 0.1) is 6.04 Å². The summed E-state index contributed by atoms with van der Waals surface area (Å²) in [6, 6.07) is 3.20. The summed E-state index contributed by atoms with van der Waals surface area (Å²) in [6.07, 6.45) is 9.21. The van der Waals surface area contributed by atoms with Gasteiger partial charge < -0.3 is 5.32 Å². The van der Waals surface area contributed by atoms with E-state index in [2.05, 4.69) is 28.2 Å². The van der Waals surface area contributed by atoms with Crippen LogP contribution in [0, 0.1) is 0 Å². The van der Waals surface area contributed by atoms with Gasteiger partial charge in [0.15, 0.2) is 0 Å². The van der Waals surface area contributed by atoms with Crippen LogP contribution in [0.25, 0.3) is 0 Å². The topological polar surface area (TPSA) is 29.9 Å². The maximum Gasteiger partial charge on any atom is 0.0672 e. The van der Waals surface area contributed by atoms with Gasteiger partial charge in [-0.15, -0.1) is 0 Å². The Morgan fingerprint density at radius 2 is 2.29 bits per heavy atom. The summed E-state index contributed by atoms with van der Waals surface area (Å²) < 4.78 is 2.12. The molecule has 1 fully saturated rings. The summed E-state index contributed by atoms with van der Waals surface area (Å²) >= 11 is 0. The summed E-state index contributed by atoms with van der Waals surface area (Å²) in [7, 11) is 0. The fourth-order valence-corrected chi connectivity index (χ4v) is 2.41. The zero-order valence-corrected chi connectivity index (χ0v) is 8.82. The molecule has 14 heavy (non-hydrogen) atoms. The second-order valence-corrected chi connectivity index (χ2v) is 4.00. The first-order valence-corrected chi connectivity index (χ1v) is 5.64. The van der Waals surface area contributed by atoms with Crippen LogP contribution in [0.3, 0.4) is 0 Å². The predicted octanol–water partition coefficient (Wildman–Crippen LogP) is 1.98. The van der Waals surface area contributed by atoms with E-state index in [1.807, 2.05) is 12.3 Å². The summed E-state index contributed by atoms with van der Waals surface area (Å²) in [5.74, 6) is 0. The molecule has 2 rings (SSSR count). The first-order chi connectivity index (χ1) is 6.92. The van der Waals surface area contributed by atoms with Gasteiger partial charge in [-0.3, -0.25) is 4.68 Å². The van der Waals surface area contributed by atoms with E-state index in [0.29, 0.717) is 12.1 Å². The highest BCUT2D eigenvalue weighted by Crippen LogP contribution is 2.27. The molecule has 0 spiro atoms. The molecule has 0 amide bonds. The molecule has 3 nitrogen and oxygen atoms in total. The van der Waals surface area contributed by atoms with Crippen molar-refractivity contribution in [1.82, 2.24) is 15.1 Å². The molecule has 0 bridgehead atoms. The minimum Gasteiger partial charge on any atom is -0.312 e. The number of hydrogen-bond acceptors (Lipinski definition) is 2. The average molecular weight is 193 g/mol. The lowest BCUT2D eigenvalue weighted by atomic mass is 9.90. The van der Waals surface area contributed by atoms with Crippen molar-refractivity contribution in [3.8, 4) is 0 Å². The molecule has 1 aliphatic rings. The summed E-state index contributed by atoms with van der Waals surface area (Å²) in [5, 5.41) is 7.91. The zero-order chi connectivity index (χ0) is 9.80. The molecule has 0 saturated heterocycles. The second-order valence-electron chi connectivity index (χ2n) is 4.00. The third-order valence-electron chi connectivity index (χ3n) is 3.06. The molecular weight excluding hydrogens is 174 g/mol. The number of nitrogens with one attached hydrogen (secondary N) is 1. The minimum atomic E-state index is 0.568. The van der Waals surface area contributed by atoms with Crippen LogP contribution in [-0.4, -0.2) is 22.4 Å². The third-order valence-corrected chi connectivity index (χ3v) is 3.06. The highest BCUT2D eigenvalue weighted by molar-refractivity contribution is 4.89. The molecular formula is C11H19N3. The molecule has 2 atom stereocenters. The standard InChI is InChI=1S/C11H19N3/c1-2-12-10-6-3-4-7-11(10)14-9-5-8-13-14/h5,8-12H,2-4,6-7H2,1H3. The van der Waals surface area contributed by atoms with Crippen molar-refractivity contribution in [2.45, 2.75) is 44.7 Å². The first kappa shape index (κ1) is 9.71. The number of likely N-dealkylation sites (N-methyl/N-ethyl adjacent to an activating group) is 1. The molecule has 1 aromatic heterocycles. The van der Waals surface area contributed by atoms with Crippen LogP contribution in [-0.2, 0) is 0 Å². The molecule has 1 aliphatic carbocycles. The van der Waals surface area contributed by atoms with Gasteiger partial charge in [-0.25, -0.2) is 0 Å². The van der Waals surface area contributed by atoms with Gasteiger partial charge in [0, 0.05) is 18.4 Å². The van der Waals surface area contributed by atoms with Crippen LogP contribution in [0.4, 0.5) is 0 Å². The molecule has 3 heteroatoms. The largest absolute Gasteiger partial charge is 0.312 e. The monoisotopic (exact) mass is 193 g/mol. The molecule has 2 unspecified atom stereocenters. The van der Waals surface area contributed by atoms with E-state index in [4.69, 9.17) is 0 Å². The third kappa shape index (κ3) is 1.98. The highest BCUT2D eigenvalue weighted by atomic mass is 15.3. The van der Waals surface area contributed by atoms with Crippen LogP contribution in [0.5, 0.6) is 0 Å². The molecule has 0 aliphatic heterocycles. The number of aromatic nitrogens is 2. The van der Waals surface area contributed by atoms with Crippen molar-refractivity contribution in [3.05, 3.63) is 18.5 Å². The molecule has 1 heterocycles. The summed E-state index contributed by atoms with van der Waals surface area (Å²) in [4.78, 5) is 0. The Kier molecular flexibility index (Phi) is 3.19. The lowest BCUT2D eigenvalue weighted by Crippen LogP contribution is -2.39. The van der Waals surface area contributed by atoms with Crippen molar-refractivity contribution in [2.24, 2.45) is 0 Å². The van der Waals surface area contributed by atoms with Gasteiger partial charge in [0.25, 0.3) is 0 Å². The maximum atomic E-state index is 4.35. The number of nitrogens with zero attached hydrogens (tertiary/aromatic N) is 2. The van der Waals surface area contributed by atoms with Gasteiger partial charge in [-0.1, -0.05) is 19.8 Å². The van der Waals surface area contributed by atoms with Gasteiger partial charge in [-0.2, -0.15) is 5.10 Å².